The van der Waals surface area contributed by atoms with Crippen LogP contribution in [0.2, 0.25) is 0 Å². The molecular weight excluding hydrogens is 420 g/mol. The van der Waals surface area contributed by atoms with E-state index >= 15 is 0 Å². The van der Waals surface area contributed by atoms with E-state index in [1.54, 1.807) is 4.68 Å². The van der Waals surface area contributed by atoms with Crippen molar-refractivity contribution in [1.82, 2.24) is 29.9 Å². The maximum Gasteiger partial charge on any atom is 0.281 e. The first kappa shape index (κ1) is 21.4. The van der Waals surface area contributed by atoms with E-state index in [0.29, 0.717) is 24.6 Å². The summed E-state index contributed by atoms with van der Waals surface area (Å²) < 4.78 is 13.5. The minimum Gasteiger partial charge on any atom is -0.379 e. The lowest BCUT2D eigenvalue weighted by molar-refractivity contribution is -0.0249. The molecule has 1 fully saturated rings. The minimum absolute atomic E-state index is 0.158. The van der Waals surface area contributed by atoms with Gasteiger partial charge in [0.2, 0.25) is 0 Å². The molecule has 0 radical (unpaired) electrons. The number of rotatable bonds is 8. The van der Waals surface area contributed by atoms with Gasteiger partial charge in [0.25, 0.3) is 5.56 Å². The van der Waals surface area contributed by atoms with E-state index in [2.05, 4.69) is 25.2 Å². The van der Waals surface area contributed by atoms with Crippen LogP contribution in [0.1, 0.15) is 5.56 Å². The summed E-state index contributed by atoms with van der Waals surface area (Å²) in [5.41, 5.74) is 2.30. The number of hydrogen-bond donors (Lipinski definition) is 1. The Morgan fingerprint density at radius 2 is 1.73 bits per heavy atom. The number of hydrogen-bond acceptors (Lipinski definition) is 7. The summed E-state index contributed by atoms with van der Waals surface area (Å²) >= 11 is 0. The van der Waals surface area contributed by atoms with Gasteiger partial charge in [-0.05, 0) is 5.56 Å². The largest absolute Gasteiger partial charge is 0.379 e. The molecular formula is C24H26N6O3. The molecule has 5 rings (SSSR count). The summed E-state index contributed by atoms with van der Waals surface area (Å²) in [4.78, 5) is 22.4. The number of nitrogens with zero attached hydrogens (tertiary/aromatic N) is 5. The van der Waals surface area contributed by atoms with Crippen molar-refractivity contribution in [3.05, 3.63) is 76.6 Å². The van der Waals surface area contributed by atoms with Crippen LogP contribution in [0.4, 0.5) is 0 Å². The molecule has 0 bridgehead atoms. The highest BCUT2D eigenvalue weighted by atomic mass is 16.5. The van der Waals surface area contributed by atoms with Crippen molar-refractivity contribution in [1.29, 1.82) is 0 Å². The van der Waals surface area contributed by atoms with Crippen LogP contribution in [0.25, 0.3) is 22.6 Å². The van der Waals surface area contributed by atoms with Crippen LogP contribution in [0.15, 0.2) is 65.5 Å². The number of fused-ring (bicyclic) bond motifs is 1. The van der Waals surface area contributed by atoms with Crippen molar-refractivity contribution < 1.29 is 9.47 Å². The van der Waals surface area contributed by atoms with Crippen molar-refractivity contribution in [3.63, 3.8) is 0 Å². The number of H-pyrrole nitrogens is 1. The molecule has 0 amide bonds. The van der Waals surface area contributed by atoms with Crippen molar-refractivity contribution >= 4 is 11.2 Å². The van der Waals surface area contributed by atoms with Gasteiger partial charge in [0, 0.05) is 25.2 Å². The standard InChI is InChI=1S/C24H26N6O3/c31-24-21-23(25-22(26-24)19-9-5-2-6-10-19)30(28-27-21)16-20(15-29-11-13-32-14-12-29)33-17-18-7-3-1-4-8-18/h1-10,20H,11-17H2,(H,25,26,31). The molecule has 2 aromatic carbocycles. The molecule has 1 aliphatic rings. The molecule has 1 aliphatic heterocycles. The van der Waals surface area contributed by atoms with Crippen molar-refractivity contribution in [2.75, 3.05) is 32.8 Å². The second-order valence-electron chi connectivity index (χ2n) is 8.06. The number of benzene rings is 2. The van der Waals surface area contributed by atoms with E-state index in [-0.39, 0.29) is 17.2 Å². The van der Waals surface area contributed by atoms with E-state index in [1.807, 2.05) is 60.7 Å². The number of morpholine rings is 1. The second-order valence-corrected chi connectivity index (χ2v) is 8.06. The van der Waals surface area contributed by atoms with Crippen LogP contribution in [0.5, 0.6) is 0 Å². The zero-order valence-electron chi connectivity index (χ0n) is 18.3. The molecule has 1 N–H and O–H groups in total. The highest BCUT2D eigenvalue weighted by Crippen LogP contribution is 2.16. The SMILES string of the molecule is O=c1[nH]c(-c2ccccc2)nc2c1nnn2CC(CN1CCOCC1)OCc1ccccc1. The zero-order chi connectivity index (χ0) is 22.5. The molecule has 0 spiro atoms. The summed E-state index contributed by atoms with van der Waals surface area (Å²) in [5, 5.41) is 8.33. The van der Waals surface area contributed by atoms with Crippen LogP contribution < -0.4 is 5.56 Å². The summed E-state index contributed by atoms with van der Waals surface area (Å²) in [6, 6.07) is 19.6. The molecule has 1 saturated heterocycles. The Balaban J connectivity index is 1.41. The van der Waals surface area contributed by atoms with Gasteiger partial charge in [-0.2, -0.15) is 0 Å². The predicted molar refractivity (Wildman–Crippen MR) is 124 cm³/mol. The lowest BCUT2D eigenvalue weighted by Gasteiger charge is -2.30. The molecule has 9 nitrogen and oxygen atoms in total. The number of nitrogens with one attached hydrogen (secondary N) is 1. The van der Waals surface area contributed by atoms with E-state index in [0.717, 1.165) is 44.0 Å². The van der Waals surface area contributed by atoms with E-state index in [4.69, 9.17) is 9.47 Å². The third-order valence-electron chi connectivity index (χ3n) is 5.69. The van der Waals surface area contributed by atoms with Crippen LogP contribution in [0.3, 0.4) is 0 Å². The molecule has 1 unspecified atom stereocenters. The number of aromatic amines is 1. The molecule has 33 heavy (non-hydrogen) atoms. The van der Waals surface area contributed by atoms with Gasteiger partial charge in [-0.15, -0.1) is 5.10 Å². The van der Waals surface area contributed by atoms with Gasteiger partial charge in [0.15, 0.2) is 11.2 Å². The Labute approximate surface area is 191 Å². The Hall–Kier alpha value is -3.40. The molecule has 4 aromatic rings. The Kier molecular flexibility index (Phi) is 6.52. The molecule has 3 heterocycles. The molecule has 170 valence electrons. The smallest absolute Gasteiger partial charge is 0.281 e. The normalized spacial score (nSPS) is 15.6. The van der Waals surface area contributed by atoms with Gasteiger partial charge >= 0.3 is 0 Å². The maximum absolute atomic E-state index is 12.6. The van der Waals surface area contributed by atoms with Crippen LogP contribution in [-0.2, 0) is 22.6 Å². The summed E-state index contributed by atoms with van der Waals surface area (Å²) in [6.45, 7) is 4.81. The molecule has 9 heteroatoms. The van der Waals surface area contributed by atoms with Gasteiger partial charge in [-0.25, -0.2) is 9.67 Å². The van der Waals surface area contributed by atoms with Gasteiger partial charge in [0.05, 0.1) is 32.5 Å². The fraction of sp³-hybridized carbons (Fsp3) is 0.333. The molecule has 1 atom stereocenters. The second kappa shape index (κ2) is 10.0. The third kappa shape index (κ3) is 5.16. The van der Waals surface area contributed by atoms with Gasteiger partial charge in [0.1, 0.15) is 5.82 Å². The van der Waals surface area contributed by atoms with Crippen molar-refractivity contribution in [2.45, 2.75) is 19.3 Å². The van der Waals surface area contributed by atoms with Gasteiger partial charge in [-0.3, -0.25) is 9.69 Å². The third-order valence-corrected chi connectivity index (χ3v) is 5.69. The Morgan fingerprint density at radius 1 is 1.00 bits per heavy atom. The Morgan fingerprint density at radius 3 is 2.48 bits per heavy atom. The zero-order valence-corrected chi connectivity index (χ0v) is 18.3. The van der Waals surface area contributed by atoms with Crippen molar-refractivity contribution in [2.24, 2.45) is 0 Å². The Bertz CT molecular complexity index is 1240. The van der Waals surface area contributed by atoms with Crippen molar-refractivity contribution in [3.8, 4) is 11.4 Å². The topological polar surface area (TPSA) is 98.2 Å². The maximum atomic E-state index is 12.6. The van der Waals surface area contributed by atoms with Crippen LogP contribution in [0, 0.1) is 0 Å². The van der Waals surface area contributed by atoms with Gasteiger partial charge in [-0.1, -0.05) is 65.9 Å². The monoisotopic (exact) mass is 446 g/mol. The summed E-state index contributed by atoms with van der Waals surface area (Å²) in [5.74, 6) is 0.492. The van der Waals surface area contributed by atoms with E-state index in [9.17, 15) is 4.79 Å². The number of aromatic nitrogens is 5. The number of ether oxygens (including phenoxy) is 2. The summed E-state index contributed by atoms with van der Waals surface area (Å²) in [6.07, 6.45) is -0.158. The van der Waals surface area contributed by atoms with Gasteiger partial charge < -0.3 is 14.5 Å². The predicted octanol–water partition coefficient (Wildman–Crippen LogP) is 2.10. The van der Waals surface area contributed by atoms with Crippen LogP contribution in [-0.4, -0.2) is 68.8 Å². The lowest BCUT2D eigenvalue weighted by atomic mass is 10.2. The first-order valence-electron chi connectivity index (χ1n) is 11.1. The van der Waals surface area contributed by atoms with Crippen LogP contribution >= 0.6 is 0 Å². The highest BCUT2D eigenvalue weighted by molar-refractivity contribution is 5.71. The molecule has 2 aromatic heterocycles. The summed E-state index contributed by atoms with van der Waals surface area (Å²) in [7, 11) is 0. The first-order valence-corrected chi connectivity index (χ1v) is 11.1. The van der Waals surface area contributed by atoms with E-state index < -0.39 is 0 Å². The lowest BCUT2D eigenvalue weighted by Crippen LogP contribution is -2.43. The first-order chi connectivity index (χ1) is 16.3. The average Bonchev–Trinajstić information content (AvgIpc) is 3.27. The quantitative estimate of drug-likeness (QED) is 0.443. The average molecular weight is 447 g/mol. The molecule has 0 saturated carbocycles. The highest BCUT2D eigenvalue weighted by Gasteiger charge is 2.21. The van der Waals surface area contributed by atoms with E-state index in [1.165, 1.54) is 0 Å². The fourth-order valence-electron chi connectivity index (χ4n) is 3.94. The minimum atomic E-state index is -0.306. The fourth-order valence-corrected chi connectivity index (χ4v) is 3.94. The molecule has 0 aliphatic carbocycles.